The van der Waals surface area contributed by atoms with Crippen molar-refractivity contribution in [3.05, 3.63) is 48.0 Å². The molecule has 0 saturated carbocycles. The van der Waals surface area contributed by atoms with Crippen LogP contribution in [0, 0.1) is 0 Å². The maximum absolute atomic E-state index is 5.76. The molecule has 0 unspecified atom stereocenters. The average molecular weight is 230 g/mol. The molecule has 3 nitrogen and oxygen atoms in total. The number of aromatic nitrogens is 3. The van der Waals surface area contributed by atoms with E-state index in [2.05, 4.69) is 21.0 Å². The molecular weight excluding hydrogens is 222 g/mol. The smallest absolute Gasteiger partial charge is 0.222 e. The Morgan fingerprint density at radius 2 is 2.06 bits per heavy atom. The van der Waals surface area contributed by atoms with E-state index >= 15 is 0 Å². The van der Waals surface area contributed by atoms with Gasteiger partial charge in [-0.3, -0.25) is 0 Å². The molecule has 0 aliphatic carbocycles. The van der Waals surface area contributed by atoms with Crippen molar-refractivity contribution in [2.75, 3.05) is 0 Å². The Kier molecular flexibility index (Phi) is 2.11. The number of halogens is 1. The van der Waals surface area contributed by atoms with Gasteiger partial charge in [0.05, 0.1) is 5.69 Å². The van der Waals surface area contributed by atoms with Crippen LogP contribution in [0.1, 0.15) is 0 Å². The summed E-state index contributed by atoms with van der Waals surface area (Å²) in [5, 5.41) is 1.43. The van der Waals surface area contributed by atoms with Gasteiger partial charge >= 0.3 is 0 Å². The van der Waals surface area contributed by atoms with Gasteiger partial charge in [-0.2, -0.15) is 0 Å². The van der Waals surface area contributed by atoms with E-state index in [0.29, 0.717) is 0 Å². The van der Waals surface area contributed by atoms with Crippen LogP contribution < -0.4 is 0 Å². The molecule has 16 heavy (non-hydrogen) atoms. The number of hydrogen-bond donors (Lipinski definition) is 1. The first-order valence-corrected chi connectivity index (χ1v) is 5.27. The van der Waals surface area contributed by atoms with Crippen LogP contribution in [-0.4, -0.2) is 15.0 Å². The molecule has 1 aromatic carbocycles. The number of benzene rings is 1. The molecule has 78 valence electrons. The summed E-state index contributed by atoms with van der Waals surface area (Å²) in [6.07, 6.45) is 3.58. The van der Waals surface area contributed by atoms with Gasteiger partial charge in [-0.1, -0.05) is 6.07 Å². The van der Waals surface area contributed by atoms with Crippen LogP contribution in [0.5, 0.6) is 0 Å². The Morgan fingerprint density at radius 1 is 1.12 bits per heavy atom. The zero-order valence-electron chi connectivity index (χ0n) is 8.31. The van der Waals surface area contributed by atoms with E-state index in [9.17, 15) is 0 Å². The molecule has 2 heterocycles. The first-order chi connectivity index (χ1) is 7.83. The SMILES string of the molecule is Clc1nccc(-c2ccc3[nH]ccc3c2)n1. The number of nitrogens with zero attached hydrogens (tertiary/aromatic N) is 2. The molecule has 4 heteroatoms. The topological polar surface area (TPSA) is 41.6 Å². The first-order valence-electron chi connectivity index (χ1n) is 4.89. The summed E-state index contributed by atoms with van der Waals surface area (Å²) in [5.74, 6) is 0. The van der Waals surface area contributed by atoms with E-state index in [1.807, 2.05) is 30.5 Å². The lowest BCUT2D eigenvalue weighted by molar-refractivity contribution is 1.17. The summed E-state index contributed by atoms with van der Waals surface area (Å²) >= 11 is 5.76. The van der Waals surface area contributed by atoms with E-state index in [-0.39, 0.29) is 5.28 Å². The molecule has 0 aliphatic heterocycles. The van der Waals surface area contributed by atoms with Crippen molar-refractivity contribution in [3.63, 3.8) is 0 Å². The monoisotopic (exact) mass is 229 g/mol. The highest BCUT2D eigenvalue weighted by atomic mass is 35.5. The number of hydrogen-bond acceptors (Lipinski definition) is 2. The zero-order valence-corrected chi connectivity index (χ0v) is 9.07. The number of fused-ring (bicyclic) bond motifs is 1. The highest BCUT2D eigenvalue weighted by molar-refractivity contribution is 6.28. The number of rotatable bonds is 1. The fourth-order valence-corrected chi connectivity index (χ4v) is 1.86. The van der Waals surface area contributed by atoms with Crippen molar-refractivity contribution >= 4 is 22.5 Å². The van der Waals surface area contributed by atoms with Crippen molar-refractivity contribution in [2.45, 2.75) is 0 Å². The maximum Gasteiger partial charge on any atom is 0.222 e. The Morgan fingerprint density at radius 3 is 2.94 bits per heavy atom. The van der Waals surface area contributed by atoms with E-state index in [4.69, 9.17) is 11.6 Å². The van der Waals surface area contributed by atoms with E-state index < -0.39 is 0 Å². The van der Waals surface area contributed by atoms with Crippen molar-refractivity contribution in [2.24, 2.45) is 0 Å². The highest BCUT2D eigenvalue weighted by Crippen LogP contribution is 2.22. The van der Waals surface area contributed by atoms with Gasteiger partial charge in [0, 0.05) is 28.9 Å². The third-order valence-electron chi connectivity index (χ3n) is 2.48. The van der Waals surface area contributed by atoms with Gasteiger partial charge in [0.1, 0.15) is 0 Å². The van der Waals surface area contributed by atoms with Gasteiger partial charge in [0.2, 0.25) is 5.28 Å². The summed E-state index contributed by atoms with van der Waals surface area (Å²) in [5.41, 5.74) is 2.99. The van der Waals surface area contributed by atoms with Crippen LogP contribution in [0.2, 0.25) is 5.28 Å². The lowest BCUT2D eigenvalue weighted by atomic mass is 10.1. The normalized spacial score (nSPS) is 10.8. The number of aromatic amines is 1. The fraction of sp³-hybridized carbons (Fsp3) is 0. The van der Waals surface area contributed by atoms with Gasteiger partial charge in [0.15, 0.2) is 0 Å². The van der Waals surface area contributed by atoms with Gasteiger partial charge in [-0.15, -0.1) is 0 Å². The Labute approximate surface area is 97.1 Å². The van der Waals surface area contributed by atoms with Crippen LogP contribution in [0.4, 0.5) is 0 Å². The third kappa shape index (κ3) is 1.55. The summed E-state index contributed by atoms with van der Waals surface area (Å²) in [4.78, 5) is 11.2. The second kappa shape index (κ2) is 3.61. The third-order valence-corrected chi connectivity index (χ3v) is 2.66. The lowest BCUT2D eigenvalue weighted by Crippen LogP contribution is -1.86. The highest BCUT2D eigenvalue weighted by Gasteiger charge is 2.02. The Hall–Kier alpha value is -1.87. The average Bonchev–Trinajstić information content (AvgIpc) is 2.75. The van der Waals surface area contributed by atoms with Crippen molar-refractivity contribution in [3.8, 4) is 11.3 Å². The molecular formula is C12H8ClN3. The molecule has 0 bridgehead atoms. The quantitative estimate of drug-likeness (QED) is 0.651. The Bertz CT molecular complexity index is 645. The van der Waals surface area contributed by atoms with Crippen LogP contribution in [0.15, 0.2) is 42.7 Å². The van der Waals surface area contributed by atoms with Crippen molar-refractivity contribution in [1.29, 1.82) is 0 Å². The number of H-pyrrole nitrogens is 1. The van der Waals surface area contributed by atoms with Crippen LogP contribution in [0.3, 0.4) is 0 Å². The summed E-state index contributed by atoms with van der Waals surface area (Å²) in [7, 11) is 0. The molecule has 3 aromatic rings. The zero-order chi connectivity index (χ0) is 11.0. The maximum atomic E-state index is 5.76. The molecule has 0 saturated heterocycles. The van der Waals surface area contributed by atoms with Gasteiger partial charge < -0.3 is 4.98 Å². The summed E-state index contributed by atoms with van der Waals surface area (Å²) < 4.78 is 0. The molecule has 1 N–H and O–H groups in total. The van der Waals surface area contributed by atoms with Gasteiger partial charge in [0.25, 0.3) is 0 Å². The minimum atomic E-state index is 0.270. The molecule has 0 amide bonds. The van der Waals surface area contributed by atoms with Crippen LogP contribution in [0.25, 0.3) is 22.2 Å². The first kappa shape index (κ1) is 9.36. The molecule has 0 aliphatic rings. The predicted octanol–water partition coefficient (Wildman–Crippen LogP) is 3.28. The van der Waals surface area contributed by atoms with E-state index in [1.165, 1.54) is 0 Å². The molecule has 0 spiro atoms. The van der Waals surface area contributed by atoms with E-state index in [1.54, 1.807) is 6.20 Å². The minimum Gasteiger partial charge on any atom is -0.361 e. The summed E-state index contributed by atoms with van der Waals surface area (Å²) in [6, 6.07) is 9.99. The molecule has 2 aromatic heterocycles. The second-order valence-corrected chi connectivity index (χ2v) is 3.83. The summed E-state index contributed by atoms with van der Waals surface area (Å²) in [6.45, 7) is 0. The van der Waals surface area contributed by atoms with Gasteiger partial charge in [-0.05, 0) is 35.9 Å². The second-order valence-electron chi connectivity index (χ2n) is 3.49. The van der Waals surface area contributed by atoms with Crippen molar-refractivity contribution in [1.82, 2.24) is 15.0 Å². The minimum absolute atomic E-state index is 0.270. The fourth-order valence-electron chi connectivity index (χ4n) is 1.71. The molecule has 0 atom stereocenters. The van der Waals surface area contributed by atoms with Crippen LogP contribution in [-0.2, 0) is 0 Å². The van der Waals surface area contributed by atoms with Gasteiger partial charge in [-0.25, -0.2) is 9.97 Å². The molecule has 0 radical (unpaired) electrons. The molecule has 3 rings (SSSR count). The Balaban J connectivity index is 2.18. The predicted molar refractivity (Wildman–Crippen MR) is 64.3 cm³/mol. The standard InChI is InChI=1S/C12H8ClN3/c13-12-15-6-4-11(16-12)8-1-2-10-9(7-8)3-5-14-10/h1-7,14H. The van der Waals surface area contributed by atoms with Crippen LogP contribution >= 0.6 is 11.6 Å². The lowest BCUT2D eigenvalue weighted by Gasteiger charge is -2.00. The van der Waals surface area contributed by atoms with E-state index in [0.717, 1.165) is 22.2 Å². The molecule has 0 fully saturated rings. The largest absolute Gasteiger partial charge is 0.361 e. The number of nitrogens with one attached hydrogen (secondary N) is 1. The van der Waals surface area contributed by atoms with Crippen molar-refractivity contribution < 1.29 is 0 Å².